The third-order valence-corrected chi connectivity index (χ3v) is 7.51. The molecule has 1 saturated heterocycles. The number of fused-ring (bicyclic) bond motifs is 1. The third kappa shape index (κ3) is 6.10. The van der Waals surface area contributed by atoms with Gasteiger partial charge in [0.05, 0.1) is 37.6 Å². The van der Waals surface area contributed by atoms with Gasteiger partial charge in [0, 0.05) is 30.7 Å². The predicted octanol–water partition coefficient (Wildman–Crippen LogP) is 5.16. The van der Waals surface area contributed by atoms with Crippen LogP contribution in [0.1, 0.15) is 54.3 Å². The molecule has 1 aromatic carbocycles. The highest BCUT2D eigenvalue weighted by Crippen LogP contribution is 2.36. The van der Waals surface area contributed by atoms with Crippen LogP contribution >= 0.6 is 0 Å². The van der Waals surface area contributed by atoms with Crippen molar-refractivity contribution in [2.45, 2.75) is 44.3 Å². The first-order chi connectivity index (χ1) is 18.3. The maximum Gasteiger partial charge on any atom is 0.433 e. The number of alkyl halides is 3. The molecule has 2 fully saturated rings. The van der Waals surface area contributed by atoms with Crippen molar-refractivity contribution in [3.8, 4) is 5.75 Å². The Morgan fingerprint density at radius 2 is 1.92 bits per heavy atom. The molecule has 0 bridgehead atoms. The van der Waals surface area contributed by atoms with E-state index in [1.807, 2.05) is 10.9 Å². The molecule has 0 atom stereocenters. The first kappa shape index (κ1) is 26.4. The number of halogens is 3. The molecule has 0 spiro atoms. The van der Waals surface area contributed by atoms with E-state index in [4.69, 9.17) is 14.6 Å². The standard InChI is InChI=1S/C27H32F3N5O3/c1-37-24-16-22-19(15-23(24)32-26(36)21-3-2-4-25(31-21)27(28,29)30)17-35(33-22)20-7-5-18(6-8-20)9-10-34-11-13-38-14-12-34/h2-4,15-18,20H,5-14H2,1H3,(H,32,36)/t18-,20-. The molecule has 1 aliphatic heterocycles. The van der Waals surface area contributed by atoms with Crippen molar-refractivity contribution in [2.75, 3.05) is 45.3 Å². The zero-order valence-corrected chi connectivity index (χ0v) is 21.3. The van der Waals surface area contributed by atoms with Crippen LogP contribution in [0, 0.1) is 5.92 Å². The van der Waals surface area contributed by atoms with Gasteiger partial charge < -0.3 is 14.8 Å². The van der Waals surface area contributed by atoms with Gasteiger partial charge in [0.1, 0.15) is 17.1 Å². The molecule has 8 nitrogen and oxygen atoms in total. The lowest BCUT2D eigenvalue weighted by atomic mass is 9.84. The highest BCUT2D eigenvalue weighted by molar-refractivity contribution is 6.05. The summed E-state index contributed by atoms with van der Waals surface area (Å²) in [5, 5.41) is 8.23. The Bertz CT molecular complexity index is 1260. The van der Waals surface area contributed by atoms with Gasteiger partial charge >= 0.3 is 6.18 Å². The molecule has 1 aliphatic carbocycles. The number of amides is 1. The van der Waals surface area contributed by atoms with Crippen molar-refractivity contribution in [2.24, 2.45) is 5.92 Å². The summed E-state index contributed by atoms with van der Waals surface area (Å²) in [5.74, 6) is 0.344. The average Bonchev–Trinajstić information content (AvgIpc) is 3.35. The van der Waals surface area contributed by atoms with E-state index in [-0.39, 0.29) is 5.69 Å². The number of carbonyl (C=O) groups excluding carboxylic acids is 1. The van der Waals surface area contributed by atoms with Crippen LogP contribution in [0.3, 0.4) is 0 Å². The first-order valence-corrected chi connectivity index (χ1v) is 13.0. The van der Waals surface area contributed by atoms with Crippen molar-refractivity contribution in [3.05, 3.63) is 47.9 Å². The Morgan fingerprint density at radius 3 is 2.63 bits per heavy atom. The summed E-state index contributed by atoms with van der Waals surface area (Å²) in [4.78, 5) is 18.7. The summed E-state index contributed by atoms with van der Waals surface area (Å²) in [5.41, 5.74) is -0.380. The zero-order valence-electron chi connectivity index (χ0n) is 21.3. The van der Waals surface area contributed by atoms with E-state index in [0.717, 1.165) is 74.6 Å². The Labute approximate surface area is 219 Å². The molecule has 1 saturated carbocycles. The lowest BCUT2D eigenvalue weighted by molar-refractivity contribution is -0.141. The van der Waals surface area contributed by atoms with Gasteiger partial charge in [0.25, 0.3) is 5.91 Å². The van der Waals surface area contributed by atoms with E-state index in [1.54, 1.807) is 12.1 Å². The molecule has 1 N–H and O–H groups in total. The minimum Gasteiger partial charge on any atom is -0.494 e. The van der Waals surface area contributed by atoms with E-state index in [2.05, 4.69) is 15.2 Å². The molecular weight excluding hydrogens is 499 g/mol. The van der Waals surface area contributed by atoms with Crippen molar-refractivity contribution in [1.29, 1.82) is 0 Å². The van der Waals surface area contributed by atoms with E-state index in [1.165, 1.54) is 32.4 Å². The second-order valence-electron chi connectivity index (χ2n) is 10.00. The number of anilines is 1. The summed E-state index contributed by atoms with van der Waals surface area (Å²) >= 11 is 0. The number of aromatic nitrogens is 3. The van der Waals surface area contributed by atoms with Gasteiger partial charge in [-0.2, -0.15) is 18.3 Å². The van der Waals surface area contributed by atoms with Gasteiger partial charge in [-0.1, -0.05) is 6.07 Å². The molecule has 5 rings (SSSR count). The normalized spacial score (nSPS) is 20.9. The Balaban J connectivity index is 1.24. The van der Waals surface area contributed by atoms with Crippen LogP contribution in [0.25, 0.3) is 10.9 Å². The number of rotatable bonds is 7. The molecule has 2 aliphatic rings. The van der Waals surface area contributed by atoms with Crippen LogP contribution in [0.4, 0.5) is 18.9 Å². The number of nitrogens with zero attached hydrogens (tertiary/aromatic N) is 4. The summed E-state index contributed by atoms with van der Waals surface area (Å²) in [6.07, 6.45) is 3.00. The number of ether oxygens (including phenoxy) is 2. The summed E-state index contributed by atoms with van der Waals surface area (Å²) in [6, 6.07) is 7.00. The molecule has 204 valence electrons. The smallest absolute Gasteiger partial charge is 0.433 e. The maximum atomic E-state index is 13.0. The van der Waals surface area contributed by atoms with E-state index in [9.17, 15) is 18.0 Å². The number of pyridine rings is 1. The molecule has 3 aromatic rings. The van der Waals surface area contributed by atoms with Crippen LogP contribution in [-0.4, -0.2) is 65.5 Å². The van der Waals surface area contributed by atoms with Gasteiger partial charge in [-0.05, 0) is 62.8 Å². The van der Waals surface area contributed by atoms with Crippen LogP contribution in [0.15, 0.2) is 36.5 Å². The van der Waals surface area contributed by atoms with Gasteiger partial charge in [0.2, 0.25) is 0 Å². The first-order valence-electron chi connectivity index (χ1n) is 13.0. The molecule has 0 radical (unpaired) electrons. The van der Waals surface area contributed by atoms with Gasteiger partial charge in [-0.15, -0.1) is 0 Å². The predicted molar refractivity (Wildman–Crippen MR) is 136 cm³/mol. The fourth-order valence-corrected chi connectivity index (χ4v) is 5.32. The highest BCUT2D eigenvalue weighted by atomic mass is 19.4. The van der Waals surface area contributed by atoms with Crippen LogP contribution in [-0.2, 0) is 10.9 Å². The minimum absolute atomic E-state index is 0.306. The summed E-state index contributed by atoms with van der Waals surface area (Å²) in [6.45, 7) is 4.85. The number of hydrogen-bond donors (Lipinski definition) is 1. The number of morpholine rings is 1. The molecule has 1 amide bonds. The van der Waals surface area contributed by atoms with Crippen molar-refractivity contribution < 1.29 is 27.4 Å². The van der Waals surface area contributed by atoms with Crippen molar-refractivity contribution in [1.82, 2.24) is 19.7 Å². The largest absolute Gasteiger partial charge is 0.494 e. The molecule has 0 unspecified atom stereocenters. The Morgan fingerprint density at radius 1 is 1.16 bits per heavy atom. The topological polar surface area (TPSA) is 81.5 Å². The molecule has 3 heterocycles. The lowest BCUT2D eigenvalue weighted by Gasteiger charge is -2.32. The quantitative estimate of drug-likeness (QED) is 0.453. The second kappa shape index (κ2) is 11.3. The third-order valence-electron chi connectivity index (χ3n) is 7.51. The highest BCUT2D eigenvalue weighted by Gasteiger charge is 2.33. The van der Waals surface area contributed by atoms with E-state index < -0.39 is 17.8 Å². The zero-order chi connectivity index (χ0) is 26.7. The monoisotopic (exact) mass is 531 g/mol. The fourth-order valence-electron chi connectivity index (χ4n) is 5.32. The van der Waals surface area contributed by atoms with Gasteiger partial charge in [0.15, 0.2) is 0 Å². The van der Waals surface area contributed by atoms with E-state index >= 15 is 0 Å². The Kier molecular flexibility index (Phi) is 7.85. The van der Waals surface area contributed by atoms with Crippen LogP contribution in [0.2, 0.25) is 0 Å². The fraction of sp³-hybridized carbons (Fsp3) is 0.519. The van der Waals surface area contributed by atoms with Crippen LogP contribution in [0.5, 0.6) is 5.75 Å². The second-order valence-corrected chi connectivity index (χ2v) is 10.00. The van der Waals surface area contributed by atoms with Crippen molar-refractivity contribution in [3.63, 3.8) is 0 Å². The van der Waals surface area contributed by atoms with E-state index in [0.29, 0.717) is 17.5 Å². The number of carbonyl (C=O) groups is 1. The lowest BCUT2D eigenvalue weighted by Crippen LogP contribution is -2.37. The van der Waals surface area contributed by atoms with Crippen LogP contribution < -0.4 is 10.1 Å². The van der Waals surface area contributed by atoms with Gasteiger partial charge in [-0.25, -0.2) is 4.98 Å². The summed E-state index contributed by atoms with van der Waals surface area (Å²) in [7, 11) is 1.47. The minimum atomic E-state index is -4.64. The number of nitrogens with one attached hydrogen (secondary N) is 1. The average molecular weight is 532 g/mol. The van der Waals surface area contributed by atoms with Crippen molar-refractivity contribution >= 4 is 22.5 Å². The molecule has 11 heteroatoms. The molecule has 38 heavy (non-hydrogen) atoms. The number of methoxy groups -OCH3 is 1. The molecular formula is C27H32F3N5O3. The Hall–Kier alpha value is -3.18. The maximum absolute atomic E-state index is 13.0. The molecule has 2 aromatic heterocycles. The summed E-state index contributed by atoms with van der Waals surface area (Å²) < 4.78 is 51.9. The van der Waals surface area contributed by atoms with Gasteiger partial charge in [-0.3, -0.25) is 14.4 Å². The SMILES string of the molecule is COc1cc2nn([C@H]3CC[C@H](CCN4CCOCC4)CC3)cc2cc1NC(=O)c1cccc(C(F)(F)F)n1. The number of benzene rings is 1. The number of hydrogen-bond acceptors (Lipinski definition) is 6.